The van der Waals surface area contributed by atoms with Gasteiger partial charge in [-0.2, -0.15) is 0 Å². The van der Waals surface area contributed by atoms with Crippen molar-refractivity contribution in [2.75, 3.05) is 19.6 Å². The first-order valence-electron chi connectivity index (χ1n) is 8.74. The molecule has 0 aliphatic carbocycles. The van der Waals surface area contributed by atoms with Crippen LogP contribution >= 0.6 is 11.3 Å². The third-order valence-corrected chi connectivity index (χ3v) is 6.31. The number of hydrogen-bond donors (Lipinski definition) is 0. The summed E-state index contributed by atoms with van der Waals surface area (Å²) in [6.07, 6.45) is 2.03. The molecule has 126 valence electrons. The zero-order valence-corrected chi connectivity index (χ0v) is 15.0. The second-order valence-corrected chi connectivity index (χ2v) is 8.32. The molecule has 2 aliphatic rings. The highest BCUT2D eigenvalue weighted by atomic mass is 32.1. The summed E-state index contributed by atoms with van der Waals surface area (Å²) in [5, 5.41) is 2.13. The van der Waals surface area contributed by atoms with Gasteiger partial charge in [0.1, 0.15) is 0 Å². The fraction of sp³-hybridized carbons (Fsp3) is 0.450. The molecule has 2 aromatic rings. The summed E-state index contributed by atoms with van der Waals surface area (Å²) in [4.78, 5) is 19.0. The first-order chi connectivity index (χ1) is 11.6. The van der Waals surface area contributed by atoms with Crippen LogP contribution in [0.15, 0.2) is 41.8 Å². The molecule has 24 heavy (non-hydrogen) atoms. The monoisotopic (exact) mass is 340 g/mol. The summed E-state index contributed by atoms with van der Waals surface area (Å²) < 4.78 is 0. The van der Waals surface area contributed by atoms with Crippen molar-refractivity contribution in [2.45, 2.75) is 32.9 Å². The van der Waals surface area contributed by atoms with Crippen LogP contribution in [0.25, 0.3) is 0 Å². The van der Waals surface area contributed by atoms with E-state index in [2.05, 4.69) is 58.5 Å². The highest BCUT2D eigenvalue weighted by Crippen LogP contribution is 2.41. The standard InChI is InChI=1S/C20H24N2OS/c1-16-4-2-5-17(12-16)13-22-10-8-20(19(22)23)7-9-21(15-20)14-18-6-3-11-24-18/h2-6,11-12H,7-10,13-15H2,1H3/t20-/m0/s1. The van der Waals surface area contributed by atoms with Gasteiger partial charge in [0.15, 0.2) is 0 Å². The largest absolute Gasteiger partial charge is 0.338 e. The van der Waals surface area contributed by atoms with E-state index >= 15 is 0 Å². The Morgan fingerprint density at radius 3 is 2.79 bits per heavy atom. The lowest BCUT2D eigenvalue weighted by Gasteiger charge is -2.23. The van der Waals surface area contributed by atoms with Crippen LogP contribution in [0.5, 0.6) is 0 Å². The Labute approximate surface area is 147 Å². The highest BCUT2D eigenvalue weighted by Gasteiger charge is 2.50. The molecule has 1 amide bonds. The van der Waals surface area contributed by atoms with Crippen LogP contribution in [0, 0.1) is 12.3 Å². The van der Waals surface area contributed by atoms with Gasteiger partial charge in [0.2, 0.25) is 5.91 Å². The van der Waals surface area contributed by atoms with E-state index in [0.717, 1.165) is 45.6 Å². The summed E-state index contributed by atoms with van der Waals surface area (Å²) in [6, 6.07) is 12.8. The molecule has 0 saturated carbocycles. The molecule has 2 aliphatic heterocycles. The maximum Gasteiger partial charge on any atom is 0.230 e. The Hall–Kier alpha value is -1.65. The van der Waals surface area contributed by atoms with E-state index in [1.54, 1.807) is 0 Å². The Balaban J connectivity index is 1.41. The number of likely N-dealkylation sites (tertiary alicyclic amines) is 2. The Bertz CT molecular complexity index is 727. The summed E-state index contributed by atoms with van der Waals surface area (Å²) in [5.41, 5.74) is 2.38. The molecule has 4 rings (SSSR count). The maximum absolute atomic E-state index is 13.1. The van der Waals surface area contributed by atoms with E-state index in [1.807, 2.05) is 11.3 Å². The number of hydrogen-bond acceptors (Lipinski definition) is 3. The van der Waals surface area contributed by atoms with E-state index in [9.17, 15) is 4.79 Å². The molecule has 3 nitrogen and oxygen atoms in total. The molecule has 2 saturated heterocycles. The summed E-state index contributed by atoms with van der Waals surface area (Å²) in [7, 11) is 0. The molecular formula is C20H24N2OS. The van der Waals surface area contributed by atoms with Gasteiger partial charge in [-0.25, -0.2) is 0 Å². The molecule has 3 heterocycles. The molecule has 1 aromatic heterocycles. The third-order valence-electron chi connectivity index (χ3n) is 5.45. The van der Waals surface area contributed by atoms with Crippen molar-refractivity contribution < 1.29 is 4.79 Å². The zero-order chi connectivity index (χ0) is 16.6. The minimum atomic E-state index is -0.124. The fourth-order valence-electron chi connectivity index (χ4n) is 4.17. The van der Waals surface area contributed by atoms with Crippen LogP contribution in [-0.2, 0) is 17.9 Å². The predicted octanol–water partition coefficient (Wildman–Crippen LogP) is 3.68. The Morgan fingerprint density at radius 1 is 1.12 bits per heavy atom. The summed E-state index contributed by atoms with van der Waals surface area (Å²) >= 11 is 1.81. The number of nitrogens with zero attached hydrogens (tertiary/aromatic N) is 2. The summed E-state index contributed by atoms with van der Waals surface area (Å²) in [6.45, 7) is 6.73. The first kappa shape index (κ1) is 15.9. The molecule has 0 bridgehead atoms. The average molecular weight is 340 g/mol. The number of aryl methyl sites for hydroxylation is 1. The second kappa shape index (κ2) is 6.34. The van der Waals surface area contributed by atoms with Crippen molar-refractivity contribution in [2.24, 2.45) is 5.41 Å². The lowest BCUT2D eigenvalue weighted by atomic mass is 9.85. The van der Waals surface area contributed by atoms with Crippen molar-refractivity contribution in [3.05, 3.63) is 57.8 Å². The van der Waals surface area contributed by atoms with Gasteiger partial charge in [-0.1, -0.05) is 35.9 Å². The van der Waals surface area contributed by atoms with Crippen molar-refractivity contribution in [1.29, 1.82) is 0 Å². The van der Waals surface area contributed by atoms with E-state index in [4.69, 9.17) is 0 Å². The maximum atomic E-state index is 13.1. The van der Waals surface area contributed by atoms with E-state index in [1.165, 1.54) is 16.0 Å². The molecule has 1 aromatic carbocycles. The smallest absolute Gasteiger partial charge is 0.230 e. The van der Waals surface area contributed by atoms with Crippen LogP contribution in [0.3, 0.4) is 0 Å². The highest BCUT2D eigenvalue weighted by molar-refractivity contribution is 7.09. The molecule has 1 spiro atoms. The van der Waals surface area contributed by atoms with Gasteiger partial charge in [0.05, 0.1) is 5.41 Å². The number of rotatable bonds is 4. The van der Waals surface area contributed by atoms with Crippen LogP contribution in [0.2, 0.25) is 0 Å². The van der Waals surface area contributed by atoms with Gasteiger partial charge in [-0.05, 0) is 43.3 Å². The van der Waals surface area contributed by atoms with Crippen LogP contribution in [-0.4, -0.2) is 35.3 Å². The number of thiophene rings is 1. The number of amides is 1. The van der Waals surface area contributed by atoms with Gasteiger partial charge in [0.25, 0.3) is 0 Å². The lowest BCUT2D eigenvalue weighted by Crippen LogP contribution is -2.36. The zero-order valence-electron chi connectivity index (χ0n) is 14.2. The normalized spacial score (nSPS) is 24.4. The number of carbonyl (C=O) groups is 1. The Kier molecular flexibility index (Phi) is 4.19. The van der Waals surface area contributed by atoms with E-state index in [0.29, 0.717) is 5.91 Å². The lowest BCUT2D eigenvalue weighted by molar-refractivity contribution is -0.136. The molecule has 0 N–H and O–H groups in total. The molecule has 1 atom stereocenters. The van der Waals surface area contributed by atoms with Crippen molar-refractivity contribution in [1.82, 2.24) is 9.80 Å². The molecule has 0 radical (unpaired) electrons. The van der Waals surface area contributed by atoms with Gasteiger partial charge in [-0.15, -0.1) is 11.3 Å². The van der Waals surface area contributed by atoms with Crippen LogP contribution < -0.4 is 0 Å². The van der Waals surface area contributed by atoms with Gasteiger partial charge < -0.3 is 4.90 Å². The van der Waals surface area contributed by atoms with Gasteiger partial charge in [-0.3, -0.25) is 9.69 Å². The molecule has 4 heteroatoms. The minimum Gasteiger partial charge on any atom is -0.338 e. The minimum absolute atomic E-state index is 0.124. The summed E-state index contributed by atoms with van der Waals surface area (Å²) in [5.74, 6) is 0.373. The van der Waals surface area contributed by atoms with Crippen molar-refractivity contribution in [3.63, 3.8) is 0 Å². The Morgan fingerprint density at radius 2 is 2.00 bits per heavy atom. The predicted molar refractivity (Wildman–Crippen MR) is 97.9 cm³/mol. The number of carbonyl (C=O) groups excluding carboxylic acids is 1. The average Bonchev–Trinajstić information content (AvgIpc) is 3.27. The van der Waals surface area contributed by atoms with Crippen LogP contribution in [0.1, 0.15) is 28.8 Å². The molecule has 2 fully saturated rings. The van der Waals surface area contributed by atoms with E-state index in [-0.39, 0.29) is 5.41 Å². The molecule has 0 unspecified atom stereocenters. The van der Waals surface area contributed by atoms with Crippen molar-refractivity contribution >= 4 is 17.2 Å². The van der Waals surface area contributed by atoms with Crippen molar-refractivity contribution in [3.8, 4) is 0 Å². The first-order valence-corrected chi connectivity index (χ1v) is 9.62. The second-order valence-electron chi connectivity index (χ2n) is 7.29. The SMILES string of the molecule is Cc1cccc(CN2CC[C@]3(CCN(Cc4cccs4)C3)C2=O)c1. The molecular weight excluding hydrogens is 316 g/mol. The van der Waals surface area contributed by atoms with Gasteiger partial charge in [0, 0.05) is 31.1 Å². The number of benzene rings is 1. The third kappa shape index (κ3) is 3.01. The topological polar surface area (TPSA) is 23.6 Å². The van der Waals surface area contributed by atoms with E-state index < -0.39 is 0 Å². The quantitative estimate of drug-likeness (QED) is 0.848. The van der Waals surface area contributed by atoms with Gasteiger partial charge >= 0.3 is 0 Å². The fourth-order valence-corrected chi connectivity index (χ4v) is 4.92. The van der Waals surface area contributed by atoms with Crippen LogP contribution in [0.4, 0.5) is 0 Å².